The number of hydrogen-bond donors (Lipinski definition) is 2. The summed E-state index contributed by atoms with van der Waals surface area (Å²) in [5, 5.41) is 0. The second-order valence-electron chi connectivity index (χ2n) is 16.0. The summed E-state index contributed by atoms with van der Waals surface area (Å²) in [7, 11) is -4.28. The van der Waals surface area contributed by atoms with Crippen molar-refractivity contribution in [3.8, 4) is 0 Å². The van der Waals surface area contributed by atoms with Gasteiger partial charge in [0.05, 0.1) is 19.8 Å². The molecule has 0 aliphatic carbocycles. The molecule has 0 aliphatic rings. The molecular formula is C48H92NO7P. The van der Waals surface area contributed by atoms with Crippen molar-refractivity contribution in [2.45, 2.75) is 232 Å². The van der Waals surface area contributed by atoms with Crippen LogP contribution >= 0.6 is 7.82 Å². The Morgan fingerprint density at radius 2 is 0.982 bits per heavy atom. The summed E-state index contributed by atoms with van der Waals surface area (Å²) >= 11 is 0. The lowest BCUT2D eigenvalue weighted by Gasteiger charge is -2.20. The normalized spacial score (nSPS) is 13.7. The monoisotopic (exact) mass is 826 g/mol. The maximum atomic E-state index is 12.6. The van der Waals surface area contributed by atoms with Crippen LogP contribution in [-0.4, -0.2) is 49.9 Å². The first-order valence-corrected chi connectivity index (χ1v) is 25.5. The number of phosphoric ester groups is 1. The van der Waals surface area contributed by atoms with Crippen molar-refractivity contribution in [2.75, 3.05) is 33.0 Å². The molecule has 0 heterocycles. The molecule has 0 amide bonds. The van der Waals surface area contributed by atoms with E-state index in [9.17, 15) is 14.3 Å². The third-order valence-electron chi connectivity index (χ3n) is 10.3. The summed E-state index contributed by atoms with van der Waals surface area (Å²) in [6, 6.07) is 0. The molecule has 0 bridgehead atoms. The van der Waals surface area contributed by atoms with Crippen LogP contribution in [0, 0.1) is 0 Å². The smallest absolute Gasteiger partial charge is 0.457 e. The first-order valence-electron chi connectivity index (χ1n) is 24.0. The van der Waals surface area contributed by atoms with Crippen LogP contribution in [0.4, 0.5) is 0 Å². The fourth-order valence-corrected chi connectivity index (χ4v) is 7.60. The third-order valence-corrected chi connectivity index (χ3v) is 11.3. The molecule has 0 rings (SSSR count). The molecule has 0 saturated carbocycles. The van der Waals surface area contributed by atoms with Crippen molar-refractivity contribution in [2.24, 2.45) is 5.73 Å². The number of ether oxygens (including phenoxy) is 2. The Hall–Kier alpha value is -1.28. The van der Waals surface area contributed by atoms with Gasteiger partial charge in [-0.2, -0.15) is 0 Å². The van der Waals surface area contributed by atoms with Gasteiger partial charge in [-0.25, -0.2) is 4.57 Å². The van der Waals surface area contributed by atoms with Gasteiger partial charge in [0, 0.05) is 19.6 Å². The number of allylic oxidation sites excluding steroid dienone is 6. The van der Waals surface area contributed by atoms with Gasteiger partial charge in [-0.15, -0.1) is 0 Å². The number of esters is 1. The van der Waals surface area contributed by atoms with Gasteiger partial charge in [0.1, 0.15) is 6.10 Å². The minimum atomic E-state index is -4.28. The lowest BCUT2D eigenvalue weighted by Crippen LogP contribution is -2.28. The lowest BCUT2D eigenvalue weighted by atomic mass is 10.0. The summed E-state index contributed by atoms with van der Waals surface area (Å²) in [6.07, 6.45) is 53.2. The Labute approximate surface area is 352 Å². The fraction of sp³-hybridized carbons (Fsp3) is 0.854. The highest BCUT2D eigenvalue weighted by atomic mass is 31.2. The van der Waals surface area contributed by atoms with Crippen LogP contribution < -0.4 is 5.73 Å². The highest BCUT2D eigenvalue weighted by molar-refractivity contribution is 7.47. The predicted molar refractivity (Wildman–Crippen MR) is 243 cm³/mol. The van der Waals surface area contributed by atoms with Gasteiger partial charge < -0.3 is 20.1 Å². The molecule has 57 heavy (non-hydrogen) atoms. The molecule has 0 saturated heterocycles. The van der Waals surface area contributed by atoms with Crippen molar-refractivity contribution in [3.63, 3.8) is 0 Å². The maximum absolute atomic E-state index is 12.6. The second-order valence-corrected chi connectivity index (χ2v) is 17.4. The van der Waals surface area contributed by atoms with Gasteiger partial charge in [0.25, 0.3) is 0 Å². The van der Waals surface area contributed by atoms with Crippen molar-refractivity contribution >= 4 is 13.8 Å². The van der Waals surface area contributed by atoms with E-state index in [0.29, 0.717) is 13.0 Å². The summed E-state index contributed by atoms with van der Waals surface area (Å²) in [4.78, 5) is 22.5. The highest BCUT2D eigenvalue weighted by Gasteiger charge is 2.25. The molecular weight excluding hydrogens is 734 g/mol. The minimum Gasteiger partial charge on any atom is -0.457 e. The average Bonchev–Trinajstić information content (AvgIpc) is 3.20. The Balaban J connectivity index is 3.92. The molecule has 336 valence electrons. The Morgan fingerprint density at radius 1 is 0.544 bits per heavy atom. The van der Waals surface area contributed by atoms with E-state index >= 15 is 0 Å². The van der Waals surface area contributed by atoms with Crippen LogP contribution in [0.25, 0.3) is 0 Å². The van der Waals surface area contributed by atoms with Crippen molar-refractivity contribution < 1.29 is 32.8 Å². The number of unbranched alkanes of at least 4 members (excludes halogenated alkanes) is 27. The summed E-state index contributed by atoms with van der Waals surface area (Å²) in [5.41, 5.74) is 5.38. The molecule has 8 nitrogen and oxygen atoms in total. The van der Waals surface area contributed by atoms with Crippen LogP contribution in [0.5, 0.6) is 0 Å². The lowest BCUT2D eigenvalue weighted by molar-refractivity contribution is -0.154. The van der Waals surface area contributed by atoms with Crippen LogP contribution in [0.15, 0.2) is 36.5 Å². The number of hydrogen-bond acceptors (Lipinski definition) is 7. The van der Waals surface area contributed by atoms with E-state index in [0.717, 1.165) is 70.6 Å². The van der Waals surface area contributed by atoms with E-state index in [2.05, 4.69) is 50.3 Å². The summed E-state index contributed by atoms with van der Waals surface area (Å²) < 4.78 is 33.5. The molecule has 2 unspecified atom stereocenters. The zero-order chi connectivity index (χ0) is 41.6. The standard InChI is InChI=1S/C48H92NO7P/c1-3-5-7-9-11-13-15-17-19-20-21-22-23-24-25-26-28-30-32-34-36-38-40-43-53-45-47(46-55-57(51,52)54-44-42-49)56-48(50)41-39-37-35-33-31-29-27-18-16-14-12-10-8-6-4-2/h6,8,12,14,18,27,47H,3-5,7,9-11,13,15-17,19-26,28-46,49H2,1-2H3,(H,51,52)/b8-6-,14-12-,27-18-. The molecule has 0 fully saturated rings. The van der Waals surface area contributed by atoms with Gasteiger partial charge in [-0.05, 0) is 44.9 Å². The number of carbonyl (C=O) groups is 1. The molecule has 9 heteroatoms. The van der Waals surface area contributed by atoms with Crippen molar-refractivity contribution in [1.29, 1.82) is 0 Å². The van der Waals surface area contributed by atoms with Gasteiger partial charge in [0.15, 0.2) is 0 Å². The summed E-state index contributed by atoms with van der Waals surface area (Å²) in [5.74, 6) is -0.344. The molecule has 3 N–H and O–H groups in total. The van der Waals surface area contributed by atoms with E-state index in [1.807, 2.05) is 0 Å². The fourth-order valence-electron chi connectivity index (χ4n) is 6.84. The number of phosphoric acid groups is 1. The first kappa shape index (κ1) is 55.7. The third kappa shape index (κ3) is 45.7. The number of nitrogens with two attached hydrogens (primary N) is 1. The second kappa shape index (κ2) is 45.8. The summed E-state index contributed by atoms with van der Waals surface area (Å²) in [6.45, 7) is 4.82. The Bertz CT molecular complexity index is 972. The van der Waals surface area contributed by atoms with E-state index in [1.165, 1.54) is 135 Å². The Kier molecular flexibility index (Phi) is 44.8. The molecule has 0 aromatic rings. The van der Waals surface area contributed by atoms with E-state index in [1.54, 1.807) is 0 Å². The van der Waals surface area contributed by atoms with E-state index < -0.39 is 13.9 Å². The van der Waals surface area contributed by atoms with Crippen LogP contribution in [0.2, 0.25) is 0 Å². The number of rotatable bonds is 46. The largest absolute Gasteiger partial charge is 0.472 e. The molecule has 0 aromatic heterocycles. The minimum absolute atomic E-state index is 0.0979. The van der Waals surface area contributed by atoms with Crippen molar-refractivity contribution in [3.05, 3.63) is 36.5 Å². The zero-order valence-corrected chi connectivity index (χ0v) is 38.2. The first-order chi connectivity index (χ1) is 27.9. The molecule has 0 aromatic carbocycles. The van der Waals surface area contributed by atoms with Gasteiger partial charge in [0.2, 0.25) is 0 Å². The van der Waals surface area contributed by atoms with Crippen LogP contribution in [0.3, 0.4) is 0 Å². The quantitative estimate of drug-likeness (QED) is 0.0270. The van der Waals surface area contributed by atoms with E-state index in [-0.39, 0.29) is 32.3 Å². The van der Waals surface area contributed by atoms with Gasteiger partial charge >= 0.3 is 13.8 Å². The van der Waals surface area contributed by atoms with Crippen LogP contribution in [-0.2, 0) is 27.9 Å². The molecule has 0 aliphatic heterocycles. The predicted octanol–water partition coefficient (Wildman–Crippen LogP) is 14.6. The zero-order valence-electron chi connectivity index (χ0n) is 37.3. The van der Waals surface area contributed by atoms with Crippen molar-refractivity contribution in [1.82, 2.24) is 0 Å². The number of carbonyl (C=O) groups excluding carboxylic acids is 1. The van der Waals surface area contributed by atoms with Crippen LogP contribution in [0.1, 0.15) is 226 Å². The van der Waals surface area contributed by atoms with Gasteiger partial charge in [-0.1, -0.05) is 211 Å². The molecule has 2 atom stereocenters. The topological polar surface area (TPSA) is 117 Å². The average molecular weight is 826 g/mol. The molecule has 0 radical (unpaired) electrons. The maximum Gasteiger partial charge on any atom is 0.472 e. The van der Waals surface area contributed by atoms with E-state index in [4.69, 9.17) is 24.3 Å². The SMILES string of the molecule is CC/C=C\C/C=C\C/C=C\CCCCCCCC(=O)OC(COCCCCCCCCCCCCCCCCCCCCCCCCC)COP(=O)(O)OCCN. The Morgan fingerprint density at radius 3 is 1.47 bits per heavy atom. The highest BCUT2D eigenvalue weighted by Crippen LogP contribution is 2.43. The molecule has 0 spiro atoms. The van der Waals surface area contributed by atoms with Gasteiger partial charge in [-0.3, -0.25) is 13.8 Å².